The Morgan fingerprint density at radius 3 is 2.33 bits per heavy atom. The van der Waals surface area contributed by atoms with Crippen LogP contribution in [0.1, 0.15) is 19.8 Å². The zero-order chi connectivity index (χ0) is 16.5. The highest BCUT2D eigenvalue weighted by atomic mass is 16.7. The largest absolute Gasteiger partial charge is 0.482 e. The van der Waals surface area contributed by atoms with Gasteiger partial charge >= 0.3 is 0 Å². The van der Waals surface area contributed by atoms with Crippen molar-refractivity contribution in [2.75, 3.05) is 26.3 Å². The quantitative estimate of drug-likeness (QED) is 0.826. The predicted octanol–water partition coefficient (Wildman–Crippen LogP) is 1.83. The minimum Gasteiger partial charge on any atom is -0.482 e. The average molecular weight is 333 g/mol. The summed E-state index contributed by atoms with van der Waals surface area (Å²) < 4.78 is 22.9. The number of likely N-dealkylation sites (tertiary alicyclic amines) is 1. The Bertz CT molecular complexity index is 593. The van der Waals surface area contributed by atoms with Crippen LogP contribution in [0.4, 0.5) is 0 Å². The molecule has 1 aromatic carbocycles. The number of piperidine rings is 1. The predicted molar refractivity (Wildman–Crippen MR) is 85.9 cm³/mol. The number of amides is 1. The Hall–Kier alpha value is -1.79. The monoisotopic (exact) mass is 333 g/mol. The van der Waals surface area contributed by atoms with Crippen molar-refractivity contribution in [1.82, 2.24) is 4.90 Å². The van der Waals surface area contributed by atoms with Crippen LogP contribution in [0.25, 0.3) is 0 Å². The second-order valence-corrected chi connectivity index (χ2v) is 6.58. The van der Waals surface area contributed by atoms with E-state index in [1.165, 1.54) is 0 Å². The van der Waals surface area contributed by atoms with Crippen molar-refractivity contribution in [2.24, 2.45) is 5.92 Å². The molecular weight excluding hydrogens is 310 g/mol. The summed E-state index contributed by atoms with van der Waals surface area (Å²) in [6, 6.07) is 7.48. The van der Waals surface area contributed by atoms with Crippen molar-refractivity contribution in [2.45, 2.75) is 38.3 Å². The third kappa shape index (κ3) is 2.96. The van der Waals surface area contributed by atoms with Gasteiger partial charge in [-0.15, -0.1) is 0 Å². The number of para-hydroxylation sites is 2. The number of carbonyl (C=O) groups is 1. The van der Waals surface area contributed by atoms with Gasteiger partial charge in [0.15, 0.2) is 17.8 Å². The number of hydrogen-bond acceptors (Lipinski definition) is 5. The molecule has 6 nitrogen and oxygen atoms in total. The summed E-state index contributed by atoms with van der Waals surface area (Å²) in [7, 11) is 0. The Kier molecular flexibility index (Phi) is 4.33. The fourth-order valence-electron chi connectivity index (χ4n) is 3.61. The van der Waals surface area contributed by atoms with Crippen LogP contribution in [-0.4, -0.2) is 55.6 Å². The van der Waals surface area contributed by atoms with Crippen LogP contribution in [0.15, 0.2) is 24.3 Å². The maximum Gasteiger partial charge on any atom is 0.267 e. The second kappa shape index (κ2) is 6.61. The zero-order valence-corrected chi connectivity index (χ0v) is 13.8. The van der Waals surface area contributed by atoms with Crippen LogP contribution in [-0.2, 0) is 14.3 Å². The van der Waals surface area contributed by atoms with Crippen LogP contribution < -0.4 is 9.47 Å². The van der Waals surface area contributed by atoms with Crippen molar-refractivity contribution >= 4 is 5.91 Å². The Morgan fingerprint density at radius 1 is 1.04 bits per heavy atom. The average Bonchev–Trinajstić information content (AvgIpc) is 3.15. The van der Waals surface area contributed by atoms with Gasteiger partial charge in [-0.25, -0.2) is 0 Å². The van der Waals surface area contributed by atoms with Crippen molar-refractivity contribution in [1.29, 1.82) is 0 Å². The van der Waals surface area contributed by atoms with E-state index in [2.05, 4.69) is 0 Å². The minimum atomic E-state index is -0.588. The molecule has 0 N–H and O–H groups in total. The molecule has 0 radical (unpaired) electrons. The van der Waals surface area contributed by atoms with Crippen molar-refractivity contribution < 1.29 is 23.7 Å². The first-order valence-corrected chi connectivity index (χ1v) is 8.67. The molecule has 1 aromatic rings. The fourth-order valence-corrected chi connectivity index (χ4v) is 3.61. The Labute approximate surface area is 141 Å². The molecule has 6 heteroatoms. The van der Waals surface area contributed by atoms with Crippen LogP contribution in [0.3, 0.4) is 0 Å². The summed E-state index contributed by atoms with van der Waals surface area (Å²) >= 11 is 0. The van der Waals surface area contributed by atoms with E-state index in [0.29, 0.717) is 43.7 Å². The Morgan fingerprint density at radius 2 is 1.67 bits per heavy atom. The molecule has 0 spiro atoms. The standard InChI is InChI=1S/C18H23NO5/c1-12-16(24-15-5-3-2-4-14(15)23-12)17(20)19-8-6-13(7-9-19)18-21-10-11-22-18/h2-5,12-13,16,18H,6-11H2,1H3. The molecule has 24 heavy (non-hydrogen) atoms. The van der Waals surface area contributed by atoms with Gasteiger partial charge in [0.2, 0.25) is 6.10 Å². The lowest BCUT2D eigenvalue weighted by Crippen LogP contribution is -2.53. The van der Waals surface area contributed by atoms with Gasteiger partial charge in [0.1, 0.15) is 6.10 Å². The summed E-state index contributed by atoms with van der Waals surface area (Å²) in [6.07, 6.45) is 0.813. The highest BCUT2D eigenvalue weighted by Gasteiger charge is 2.39. The number of ether oxygens (including phenoxy) is 4. The van der Waals surface area contributed by atoms with E-state index < -0.39 is 6.10 Å². The second-order valence-electron chi connectivity index (χ2n) is 6.58. The number of hydrogen-bond donors (Lipinski definition) is 0. The molecule has 0 aromatic heterocycles. The van der Waals surface area contributed by atoms with Gasteiger partial charge in [0.05, 0.1) is 13.2 Å². The minimum absolute atomic E-state index is 0.00344. The highest BCUT2D eigenvalue weighted by Crippen LogP contribution is 2.34. The molecule has 0 saturated carbocycles. The summed E-state index contributed by atoms with van der Waals surface area (Å²) in [5.74, 6) is 1.71. The molecule has 2 unspecified atom stereocenters. The maximum absolute atomic E-state index is 12.9. The lowest BCUT2D eigenvalue weighted by molar-refractivity contribution is -0.149. The number of benzene rings is 1. The van der Waals surface area contributed by atoms with Gasteiger partial charge in [-0.3, -0.25) is 4.79 Å². The molecule has 1 amide bonds. The number of carbonyl (C=O) groups excluding carboxylic acids is 1. The van der Waals surface area contributed by atoms with Gasteiger partial charge in [-0.2, -0.15) is 0 Å². The van der Waals surface area contributed by atoms with E-state index >= 15 is 0 Å². The van der Waals surface area contributed by atoms with Gasteiger partial charge in [-0.05, 0) is 31.9 Å². The van der Waals surface area contributed by atoms with Crippen molar-refractivity contribution in [3.8, 4) is 11.5 Å². The molecule has 0 bridgehead atoms. The summed E-state index contributed by atoms with van der Waals surface area (Å²) in [6.45, 7) is 4.65. The molecule has 2 saturated heterocycles. The molecule has 3 heterocycles. The highest BCUT2D eigenvalue weighted by molar-refractivity contribution is 5.82. The van der Waals surface area contributed by atoms with E-state index in [1.54, 1.807) is 0 Å². The Balaban J connectivity index is 1.38. The first-order valence-electron chi connectivity index (χ1n) is 8.67. The summed E-state index contributed by atoms with van der Waals surface area (Å²) in [5.41, 5.74) is 0. The van der Waals surface area contributed by atoms with Gasteiger partial charge in [-0.1, -0.05) is 12.1 Å². The lowest BCUT2D eigenvalue weighted by atomic mass is 9.95. The summed E-state index contributed by atoms with van der Waals surface area (Å²) in [4.78, 5) is 14.7. The molecule has 0 aliphatic carbocycles. The molecule has 2 atom stereocenters. The normalized spacial score (nSPS) is 28.1. The topological polar surface area (TPSA) is 57.2 Å². The molecule has 130 valence electrons. The first kappa shape index (κ1) is 15.7. The zero-order valence-electron chi connectivity index (χ0n) is 13.8. The fraction of sp³-hybridized carbons (Fsp3) is 0.611. The molecular formula is C18H23NO5. The van der Waals surface area contributed by atoms with E-state index in [9.17, 15) is 4.79 Å². The van der Waals surface area contributed by atoms with Crippen molar-refractivity contribution in [3.05, 3.63) is 24.3 Å². The molecule has 2 fully saturated rings. The lowest BCUT2D eigenvalue weighted by Gasteiger charge is -2.38. The third-order valence-electron chi connectivity index (χ3n) is 4.97. The third-order valence-corrected chi connectivity index (χ3v) is 4.97. The first-order chi connectivity index (χ1) is 11.7. The molecule has 3 aliphatic heterocycles. The number of rotatable bonds is 2. The van der Waals surface area contributed by atoms with E-state index in [-0.39, 0.29) is 18.3 Å². The van der Waals surface area contributed by atoms with Gasteiger partial charge < -0.3 is 23.8 Å². The molecule has 3 aliphatic rings. The van der Waals surface area contributed by atoms with Crippen molar-refractivity contribution in [3.63, 3.8) is 0 Å². The number of fused-ring (bicyclic) bond motifs is 1. The summed E-state index contributed by atoms with van der Waals surface area (Å²) in [5, 5.41) is 0. The van der Waals surface area contributed by atoms with Crippen LogP contribution >= 0.6 is 0 Å². The smallest absolute Gasteiger partial charge is 0.267 e. The van der Waals surface area contributed by atoms with Crippen LogP contribution in [0.2, 0.25) is 0 Å². The SMILES string of the molecule is CC1Oc2ccccc2OC1C(=O)N1CCC(C2OCCO2)CC1. The number of nitrogens with zero attached hydrogens (tertiary/aromatic N) is 1. The van der Waals surface area contributed by atoms with E-state index in [0.717, 1.165) is 12.8 Å². The van der Waals surface area contributed by atoms with Crippen LogP contribution in [0, 0.1) is 5.92 Å². The maximum atomic E-state index is 12.9. The molecule has 4 rings (SSSR count). The van der Waals surface area contributed by atoms with E-state index in [1.807, 2.05) is 36.1 Å². The van der Waals surface area contributed by atoms with Gasteiger partial charge in [0, 0.05) is 19.0 Å². The van der Waals surface area contributed by atoms with E-state index in [4.69, 9.17) is 18.9 Å². The van der Waals surface area contributed by atoms with Gasteiger partial charge in [0.25, 0.3) is 5.91 Å². The van der Waals surface area contributed by atoms with Crippen LogP contribution in [0.5, 0.6) is 11.5 Å².